The zero-order chi connectivity index (χ0) is 14.8. The maximum Gasteiger partial charge on any atom is 0.119 e. The first kappa shape index (κ1) is 15.2. The highest BCUT2D eigenvalue weighted by Gasteiger charge is 2.13. The van der Waals surface area contributed by atoms with Crippen molar-refractivity contribution in [2.45, 2.75) is 32.8 Å². The minimum atomic E-state index is 0.148. The summed E-state index contributed by atoms with van der Waals surface area (Å²) in [6.45, 7) is 6.98. The molecule has 0 aliphatic carbocycles. The number of rotatable bonds is 3. The minimum Gasteiger partial charge on any atom is -0.489 e. The molecule has 0 bridgehead atoms. The monoisotopic (exact) mass is 308 g/mol. The molecule has 0 radical (unpaired) electrons. The second kappa shape index (κ2) is 6.07. The summed E-state index contributed by atoms with van der Waals surface area (Å²) in [5.74, 6) is 0.828. The number of hydrogen-bond donors (Lipinski definition) is 0. The molecule has 2 rings (SSSR count). The molecule has 0 saturated carbocycles. The number of ether oxygens (including phenoxy) is 1. The second-order valence-corrected chi connectivity index (χ2v) is 6.56. The van der Waals surface area contributed by atoms with Crippen LogP contribution in [0.3, 0.4) is 0 Å². The van der Waals surface area contributed by atoms with Crippen molar-refractivity contribution >= 4 is 23.2 Å². The van der Waals surface area contributed by atoms with E-state index in [0.29, 0.717) is 16.7 Å². The maximum absolute atomic E-state index is 6.13. The molecule has 2 aromatic rings. The summed E-state index contributed by atoms with van der Waals surface area (Å²) < 4.78 is 5.75. The molecule has 0 aromatic heterocycles. The van der Waals surface area contributed by atoms with Gasteiger partial charge in [-0.1, -0.05) is 68.2 Å². The summed E-state index contributed by atoms with van der Waals surface area (Å²) in [7, 11) is 0. The summed E-state index contributed by atoms with van der Waals surface area (Å²) >= 11 is 12.1. The molecule has 0 atom stereocenters. The van der Waals surface area contributed by atoms with Gasteiger partial charge in [0.05, 0.1) is 10.0 Å². The average Bonchev–Trinajstić information content (AvgIpc) is 2.40. The van der Waals surface area contributed by atoms with Crippen LogP contribution in [-0.4, -0.2) is 0 Å². The normalized spacial score (nSPS) is 11.4. The molecule has 0 unspecified atom stereocenters. The first-order valence-corrected chi connectivity index (χ1v) is 7.30. The van der Waals surface area contributed by atoms with Crippen molar-refractivity contribution in [1.82, 2.24) is 0 Å². The summed E-state index contributed by atoms with van der Waals surface area (Å²) in [6.07, 6.45) is 0. The van der Waals surface area contributed by atoms with E-state index in [-0.39, 0.29) is 5.41 Å². The first-order valence-electron chi connectivity index (χ1n) is 6.54. The van der Waals surface area contributed by atoms with E-state index in [0.717, 1.165) is 11.3 Å². The zero-order valence-corrected chi connectivity index (χ0v) is 13.4. The lowest BCUT2D eigenvalue weighted by Gasteiger charge is -2.19. The van der Waals surface area contributed by atoms with Crippen molar-refractivity contribution in [3.8, 4) is 5.75 Å². The van der Waals surface area contributed by atoms with Crippen molar-refractivity contribution in [3.63, 3.8) is 0 Å². The van der Waals surface area contributed by atoms with Crippen LogP contribution >= 0.6 is 23.2 Å². The second-order valence-electron chi connectivity index (χ2n) is 5.78. The van der Waals surface area contributed by atoms with E-state index in [1.807, 2.05) is 24.3 Å². The molecule has 0 aliphatic rings. The van der Waals surface area contributed by atoms with Crippen LogP contribution in [-0.2, 0) is 12.0 Å². The van der Waals surface area contributed by atoms with E-state index in [4.69, 9.17) is 27.9 Å². The van der Waals surface area contributed by atoms with Crippen molar-refractivity contribution in [3.05, 3.63) is 63.6 Å². The molecule has 0 saturated heterocycles. The van der Waals surface area contributed by atoms with Gasteiger partial charge in [0, 0.05) is 5.56 Å². The Morgan fingerprint density at radius 2 is 1.60 bits per heavy atom. The van der Waals surface area contributed by atoms with Gasteiger partial charge < -0.3 is 4.74 Å². The molecule has 0 aliphatic heterocycles. The Labute approximate surface area is 130 Å². The Hall–Kier alpha value is -1.18. The molecular weight excluding hydrogens is 291 g/mol. The Balaban J connectivity index is 2.06. The highest BCUT2D eigenvalue weighted by Crippen LogP contribution is 2.28. The molecule has 106 valence electrons. The van der Waals surface area contributed by atoms with E-state index in [9.17, 15) is 0 Å². The third-order valence-electron chi connectivity index (χ3n) is 3.15. The Morgan fingerprint density at radius 1 is 0.950 bits per heavy atom. The smallest absolute Gasteiger partial charge is 0.119 e. The fourth-order valence-electron chi connectivity index (χ4n) is 1.87. The Bertz CT molecular complexity index is 583. The van der Waals surface area contributed by atoms with Crippen LogP contribution in [0.4, 0.5) is 0 Å². The molecule has 0 spiro atoms. The fourth-order valence-corrected chi connectivity index (χ4v) is 2.25. The van der Waals surface area contributed by atoms with E-state index in [2.05, 4.69) is 32.9 Å². The van der Waals surface area contributed by atoms with Crippen LogP contribution in [0.25, 0.3) is 0 Å². The van der Waals surface area contributed by atoms with Gasteiger partial charge in [0.25, 0.3) is 0 Å². The maximum atomic E-state index is 6.13. The molecule has 2 aromatic carbocycles. The third-order valence-corrected chi connectivity index (χ3v) is 4.00. The SMILES string of the molecule is CC(C)(C)c1ccc(OCc2cccc(Cl)c2Cl)cc1. The highest BCUT2D eigenvalue weighted by molar-refractivity contribution is 6.42. The lowest BCUT2D eigenvalue weighted by atomic mass is 9.87. The van der Waals surface area contributed by atoms with E-state index < -0.39 is 0 Å². The highest BCUT2D eigenvalue weighted by atomic mass is 35.5. The van der Waals surface area contributed by atoms with Crippen molar-refractivity contribution < 1.29 is 4.74 Å². The van der Waals surface area contributed by atoms with Crippen molar-refractivity contribution in [2.75, 3.05) is 0 Å². The van der Waals surface area contributed by atoms with Gasteiger partial charge in [-0.15, -0.1) is 0 Å². The molecular formula is C17H18Cl2O. The fraction of sp³-hybridized carbons (Fsp3) is 0.294. The van der Waals surface area contributed by atoms with Crippen molar-refractivity contribution in [1.29, 1.82) is 0 Å². The minimum absolute atomic E-state index is 0.148. The van der Waals surface area contributed by atoms with E-state index in [1.165, 1.54) is 5.56 Å². The van der Waals surface area contributed by atoms with Crippen LogP contribution in [0.2, 0.25) is 10.0 Å². The zero-order valence-electron chi connectivity index (χ0n) is 11.9. The van der Waals surface area contributed by atoms with E-state index >= 15 is 0 Å². The molecule has 1 nitrogen and oxygen atoms in total. The topological polar surface area (TPSA) is 9.23 Å². The predicted molar refractivity (Wildman–Crippen MR) is 85.9 cm³/mol. The predicted octanol–water partition coefficient (Wildman–Crippen LogP) is 5.87. The molecule has 0 N–H and O–H groups in total. The van der Waals surface area contributed by atoms with Gasteiger partial charge in [-0.05, 0) is 29.2 Å². The summed E-state index contributed by atoms with van der Waals surface area (Å²) in [5.41, 5.74) is 2.32. The quantitative estimate of drug-likeness (QED) is 0.689. The molecule has 0 fully saturated rings. The summed E-state index contributed by atoms with van der Waals surface area (Å²) in [4.78, 5) is 0. The van der Waals surface area contributed by atoms with Crippen LogP contribution in [0.15, 0.2) is 42.5 Å². The molecule has 0 heterocycles. The van der Waals surface area contributed by atoms with Gasteiger partial charge in [0.2, 0.25) is 0 Å². The van der Waals surface area contributed by atoms with Gasteiger partial charge in [0.1, 0.15) is 12.4 Å². The van der Waals surface area contributed by atoms with Crippen LogP contribution in [0, 0.1) is 0 Å². The van der Waals surface area contributed by atoms with Gasteiger partial charge in [0.15, 0.2) is 0 Å². The lowest BCUT2D eigenvalue weighted by molar-refractivity contribution is 0.306. The summed E-state index contributed by atoms with van der Waals surface area (Å²) in [6, 6.07) is 13.7. The first-order chi connectivity index (χ1) is 9.38. The largest absolute Gasteiger partial charge is 0.489 e. The average molecular weight is 309 g/mol. The van der Waals surface area contributed by atoms with Crippen LogP contribution < -0.4 is 4.74 Å². The van der Waals surface area contributed by atoms with Crippen LogP contribution in [0.1, 0.15) is 31.9 Å². The number of hydrogen-bond acceptors (Lipinski definition) is 1. The van der Waals surface area contributed by atoms with Gasteiger partial charge in [-0.25, -0.2) is 0 Å². The number of benzene rings is 2. The lowest BCUT2D eigenvalue weighted by Crippen LogP contribution is -2.10. The van der Waals surface area contributed by atoms with Gasteiger partial charge in [-0.3, -0.25) is 0 Å². The van der Waals surface area contributed by atoms with Crippen LogP contribution in [0.5, 0.6) is 5.75 Å². The Morgan fingerprint density at radius 3 is 2.20 bits per heavy atom. The Kier molecular flexibility index (Phi) is 4.62. The van der Waals surface area contributed by atoms with Gasteiger partial charge >= 0.3 is 0 Å². The summed E-state index contributed by atoms with van der Waals surface area (Å²) in [5, 5.41) is 1.11. The van der Waals surface area contributed by atoms with E-state index in [1.54, 1.807) is 6.07 Å². The molecule has 0 amide bonds. The third kappa shape index (κ3) is 3.68. The van der Waals surface area contributed by atoms with Gasteiger partial charge in [-0.2, -0.15) is 0 Å². The van der Waals surface area contributed by atoms with Crippen molar-refractivity contribution in [2.24, 2.45) is 0 Å². The molecule has 3 heteroatoms. The number of halogens is 2. The standard InChI is InChI=1S/C17H18Cl2O/c1-17(2,3)13-7-9-14(10-8-13)20-11-12-5-4-6-15(18)16(12)19/h4-10H,11H2,1-3H3. The molecule has 20 heavy (non-hydrogen) atoms.